The van der Waals surface area contributed by atoms with E-state index in [4.69, 9.17) is 45.2 Å². The van der Waals surface area contributed by atoms with Crippen molar-refractivity contribution in [2.45, 2.75) is 170 Å². The minimum atomic E-state index is -0.541. The predicted octanol–water partition coefficient (Wildman–Crippen LogP) is 9.63. The fourth-order valence-corrected chi connectivity index (χ4v) is 6.80. The van der Waals surface area contributed by atoms with E-state index in [0.29, 0.717) is 37.5 Å². The minimum absolute atomic E-state index is 0. The van der Waals surface area contributed by atoms with Crippen molar-refractivity contribution in [3.63, 3.8) is 0 Å². The first-order valence-electron chi connectivity index (χ1n) is 21.4. The lowest BCUT2D eigenvalue weighted by Gasteiger charge is -2.33. The Morgan fingerprint density at radius 1 is 0.661 bits per heavy atom. The van der Waals surface area contributed by atoms with Gasteiger partial charge >= 0.3 is 18.3 Å². The van der Waals surface area contributed by atoms with Crippen molar-refractivity contribution in [3.05, 3.63) is 20.9 Å². The number of azide groups is 2. The van der Waals surface area contributed by atoms with E-state index in [1.165, 1.54) is 4.90 Å². The van der Waals surface area contributed by atoms with Gasteiger partial charge in [-0.3, -0.25) is 0 Å². The number of carbonyl (C=O) groups excluding carboxylic acids is 3. The topological polar surface area (TPSA) is 249 Å². The zero-order chi connectivity index (χ0) is 45.4. The summed E-state index contributed by atoms with van der Waals surface area (Å²) < 4.78 is 32.3. The smallest absolute Gasteiger partial charge is 0.410 e. The fourth-order valence-electron chi connectivity index (χ4n) is 6.80. The van der Waals surface area contributed by atoms with Gasteiger partial charge in [0.1, 0.15) is 16.8 Å². The largest absolute Gasteiger partial charge is 0.444 e. The Bertz CT molecular complexity index is 1340. The number of nitrogens with two attached hydrogens (primary N) is 1. The molecule has 3 rings (SSSR count). The second-order valence-corrected chi connectivity index (χ2v) is 18.9. The van der Waals surface area contributed by atoms with Gasteiger partial charge < -0.3 is 49.3 Å². The third kappa shape index (κ3) is 28.8. The Labute approximate surface area is 373 Å². The van der Waals surface area contributed by atoms with E-state index in [2.05, 4.69) is 25.4 Å². The molecule has 3 fully saturated rings. The molecule has 0 unspecified atom stereocenters. The average molecular weight is 887 g/mol. The Morgan fingerprint density at radius 2 is 1.03 bits per heavy atom. The SMILES string of the molecule is C.C.CC(C)(C)OC(=O)N[C@H](CN=[N+]=[N-])C[C@H]1CCCOC1.CN(C(=O)OC(C)(C)C)[C@H](CN)C[C@H]1CCCOC1.CN(C(=O)OC(C)(C)C)[C@H](CN=[N+]=[N-])C[C@H]1CCCOC1. The van der Waals surface area contributed by atoms with Crippen LogP contribution in [0.15, 0.2) is 10.2 Å². The standard InChI is InChI=1S/C14H26N4O3.C14H28N2O3.C13H24N4O3.2CH4/c1-14(2,3)21-13(19)18(4)12(9-16-17-15)8-11-6-5-7-20-10-11;1-14(2,3)19-13(17)16(4)12(9-15)8-11-6-5-7-18-10-11;1-13(2,3)20-12(18)16-11(8-15-17-14)7-10-5-4-6-19-9-10;;/h11-12H,5-10H2,1-4H3;11-12H,5-10,15H2,1-4H3;10-11H,4-9H2,1-3H3,(H,16,18);2*1H4/t2*11-,12+;10-,11+;;/m111../s1. The van der Waals surface area contributed by atoms with Crippen molar-refractivity contribution >= 4 is 18.3 Å². The molecule has 0 saturated carbocycles. The number of nitrogens with one attached hydrogen (secondary N) is 1. The minimum Gasteiger partial charge on any atom is -0.444 e. The number of likely N-dealkylation sites (N-methyl/N-ethyl adjacent to an activating group) is 2. The highest BCUT2D eigenvalue weighted by Gasteiger charge is 2.30. The molecule has 19 nitrogen and oxygen atoms in total. The molecule has 362 valence electrons. The molecule has 3 aliphatic heterocycles. The van der Waals surface area contributed by atoms with E-state index in [0.717, 1.165) is 84.2 Å². The molecule has 0 aliphatic carbocycles. The van der Waals surface area contributed by atoms with Gasteiger partial charge in [0.15, 0.2) is 0 Å². The molecule has 0 radical (unpaired) electrons. The zero-order valence-electron chi connectivity index (χ0n) is 38.5. The number of hydrogen-bond donors (Lipinski definition) is 2. The Balaban J connectivity index is 0. The van der Waals surface area contributed by atoms with Crippen LogP contribution in [-0.4, -0.2) is 136 Å². The van der Waals surface area contributed by atoms with Crippen molar-refractivity contribution in [2.75, 3.05) is 73.4 Å². The van der Waals surface area contributed by atoms with E-state index in [9.17, 15) is 14.4 Å². The quantitative estimate of drug-likeness (QED) is 0.0723. The van der Waals surface area contributed by atoms with E-state index in [1.807, 2.05) is 62.3 Å². The molecule has 0 bridgehead atoms. The third-order valence-corrected chi connectivity index (χ3v) is 9.76. The summed E-state index contributed by atoms with van der Waals surface area (Å²) in [6.45, 7) is 22.1. The first-order chi connectivity index (χ1) is 28.1. The Hall–Kier alpha value is -3.73. The molecule has 19 heteroatoms. The number of nitrogens with zero attached hydrogens (tertiary/aromatic N) is 8. The summed E-state index contributed by atoms with van der Waals surface area (Å²) in [7, 11) is 3.45. The lowest BCUT2D eigenvalue weighted by molar-refractivity contribution is 0.0116. The highest BCUT2D eigenvalue weighted by molar-refractivity contribution is 5.69. The van der Waals surface area contributed by atoms with Crippen molar-refractivity contribution < 1.29 is 42.8 Å². The number of ether oxygens (including phenoxy) is 6. The van der Waals surface area contributed by atoms with Crippen LogP contribution in [0.2, 0.25) is 0 Å². The van der Waals surface area contributed by atoms with Crippen LogP contribution >= 0.6 is 0 Å². The molecule has 0 aromatic heterocycles. The average Bonchev–Trinajstić information content (AvgIpc) is 3.16. The molecule has 3 aliphatic rings. The van der Waals surface area contributed by atoms with Crippen molar-refractivity contribution in [2.24, 2.45) is 33.7 Å². The first-order valence-corrected chi connectivity index (χ1v) is 21.4. The summed E-state index contributed by atoms with van der Waals surface area (Å²) in [5.74, 6) is 1.27. The molecule has 0 aromatic rings. The van der Waals surface area contributed by atoms with Gasteiger partial charge in [0, 0.05) is 101 Å². The predicted molar refractivity (Wildman–Crippen MR) is 244 cm³/mol. The number of alkyl carbamates (subject to hydrolysis) is 1. The highest BCUT2D eigenvalue weighted by Crippen LogP contribution is 2.24. The molecular weight excluding hydrogens is 801 g/mol. The van der Waals surface area contributed by atoms with Crippen LogP contribution in [-0.2, 0) is 28.4 Å². The normalized spacial score (nSPS) is 20.2. The van der Waals surface area contributed by atoms with Crippen LogP contribution in [0.5, 0.6) is 0 Å². The van der Waals surface area contributed by atoms with Crippen molar-refractivity contribution in [3.8, 4) is 0 Å². The number of hydrogen-bond acceptors (Lipinski definition) is 12. The first kappa shape index (κ1) is 60.4. The van der Waals surface area contributed by atoms with E-state index < -0.39 is 29.0 Å². The molecule has 6 atom stereocenters. The molecule has 3 N–H and O–H groups in total. The van der Waals surface area contributed by atoms with Crippen LogP contribution in [0.1, 0.15) is 135 Å². The monoisotopic (exact) mass is 887 g/mol. The lowest BCUT2D eigenvalue weighted by Crippen LogP contribution is -2.45. The fraction of sp³-hybridized carbons (Fsp3) is 0.930. The second-order valence-electron chi connectivity index (χ2n) is 18.9. The maximum absolute atomic E-state index is 12.1. The van der Waals surface area contributed by atoms with E-state index in [1.54, 1.807) is 19.0 Å². The molecule has 0 aromatic carbocycles. The van der Waals surface area contributed by atoms with Gasteiger partial charge in [0.25, 0.3) is 0 Å². The van der Waals surface area contributed by atoms with E-state index >= 15 is 0 Å². The van der Waals surface area contributed by atoms with Crippen LogP contribution in [0.25, 0.3) is 20.9 Å². The molecular formula is C43H86N10O9. The lowest BCUT2D eigenvalue weighted by atomic mass is 9.94. The molecule has 3 amide bonds. The van der Waals surface area contributed by atoms with E-state index in [-0.39, 0.29) is 52.2 Å². The molecule has 62 heavy (non-hydrogen) atoms. The van der Waals surface area contributed by atoms with Gasteiger partial charge in [-0.1, -0.05) is 25.1 Å². The third-order valence-electron chi connectivity index (χ3n) is 9.76. The molecule has 3 heterocycles. The summed E-state index contributed by atoms with van der Waals surface area (Å²) in [5, 5.41) is 9.96. The molecule has 0 spiro atoms. The Kier molecular flexibility index (Phi) is 30.3. The summed E-state index contributed by atoms with van der Waals surface area (Å²) in [6, 6.07) is -0.364. The second kappa shape index (κ2) is 31.2. The Morgan fingerprint density at radius 3 is 1.39 bits per heavy atom. The van der Waals surface area contributed by atoms with Gasteiger partial charge in [0.05, 0.1) is 0 Å². The van der Waals surface area contributed by atoms with Gasteiger partial charge in [-0.2, -0.15) is 0 Å². The summed E-state index contributed by atoms with van der Waals surface area (Å²) in [5.41, 5.74) is 21.2. The van der Waals surface area contributed by atoms with Crippen molar-refractivity contribution in [1.29, 1.82) is 0 Å². The summed E-state index contributed by atoms with van der Waals surface area (Å²) in [4.78, 5) is 44.6. The maximum atomic E-state index is 12.1. The number of carbonyl (C=O) groups is 3. The van der Waals surface area contributed by atoms with Crippen LogP contribution < -0.4 is 11.1 Å². The van der Waals surface area contributed by atoms with Crippen molar-refractivity contribution in [1.82, 2.24) is 15.1 Å². The molecule has 3 saturated heterocycles. The van der Waals surface area contributed by atoms with Crippen LogP contribution in [0.3, 0.4) is 0 Å². The van der Waals surface area contributed by atoms with Gasteiger partial charge in [-0.15, -0.1) is 0 Å². The van der Waals surface area contributed by atoms with Crippen LogP contribution in [0, 0.1) is 17.8 Å². The zero-order valence-corrected chi connectivity index (χ0v) is 38.5. The van der Waals surface area contributed by atoms with Gasteiger partial charge in [0.2, 0.25) is 0 Å². The number of amides is 3. The highest BCUT2D eigenvalue weighted by atomic mass is 16.6. The number of rotatable bonds is 14. The van der Waals surface area contributed by atoms with Gasteiger partial charge in [-0.05, 0) is 149 Å². The summed E-state index contributed by atoms with van der Waals surface area (Å²) >= 11 is 0. The maximum Gasteiger partial charge on any atom is 0.410 e. The summed E-state index contributed by atoms with van der Waals surface area (Å²) in [6.07, 6.45) is 7.66. The van der Waals surface area contributed by atoms with Gasteiger partial charge in [-0.25, -0.2) is 14.4 Å². The van der Waals surface area contributed by atoms with Crippen LogP contribution in [0.4, 0.5) is 14.4 Å².